The minimum atomic E-state index is -0.578. The highest BCUT2D eigenvalue weighted by Gasteiger charge is 2.40. The van der Waals surface area contributed by atoms with Gasteiger partial charge in [0.1, 0.15) is 0 Å². The average Bonchev–Trinajstić information content (AvgIpc) is 2.91. The average molecular weight is 254 g/mol. The molecule has 104 valence electrons. The van der Waals surface area contributed by atoms with Crippen molar-refractivity contribution in [2.45, 2.75) is 56.3 Å². The fourth-order valence-corrected chi connectivity index (χ4v) is 4.03. The Labute approximate surface area is 109 Å². The number of nitrogens with two attached hydrogens (primary N) is 1. The van der Waals surface area contributed by atoms with Crippen LogP contribution in [0.1, 0.15) is 38.5 Å². The minimum Gasteiger partial charge on any atom is -0.388 e. The number of ether oxygens (including phenoxy) is 1. The van der Waals surface area contributed by atoms with E-state index in [1.165, 1.54) is 12.8 Å². The van der Waals surface area contributed by atoms with E-state index in [2.05, 4.69) is 4.90 Å². The molecule has 3 N–H and O–H groups in total. The molecule has 1 aliphatic carbocycles. The molecule has 2 saturated heterocycles. The van der Waals surface area contributed by atoms with Gasteiger partial charge in [-0.05, 0) is 44.6 Å². The maximum absolute atomic E-state index is 10.4. The monoisotopic (exact) mass is 254 g/mol. The van der Waals surface area contributed by atoms with Crippen molar-refractivity contribution in [2.75, 3.05) is 26.2 Å². The summed E-state index contributed by atoms with van der Waals surface area (Å²) in [5, 5.41) is 10.4. The number of morpholine rings is 1. The summed E-state index contributed by atoms with van der Waals surface area (Å²) in [5.74, 6) is 0.406. The van der Waals surface area contributed by atoms with Gasteiger partial charge in [0, 0.05) is 19.6 Å². The Morgan fingerprint density at radius 1 is 1.22 bits per heavy atom. The molecule has 2 heterocycles. The summed E-state index contributed by atoms with van der Waals surface area (Å²) in [6, 6.07) is 0. The molecule has 3 fully saturated rings. The van der Waals surface area contributed by atoms with Crippen LogP contribution in [-0.2, 0) is 4.74 Å². The normalized spacial score (nSPS) is 44.7. The highest BCUT2D eigenvalue weighted by molar-refractivity contribution is 4.94. The van der Waals surface area contributed by atoms with Crippen LogP contribution in [0.15, 0.2) is 0 Å². The van der Waals surface area contributed by atoms with Gasteiger partial charge in [0.25, 0.3) is 0 Å². The zero-order valence-corrected chi connectivity index (χ0v) is 11.2. The van der Waals surface area contributed by atoms with Gasteiger partial charge >= 0.3 is 0 Å². The fraction of sp³-hybridized carbons (Fsp3) is 1.00. The van der Waals surface area contributed by atoms with Crippen molar-refractivity contribution in [3.05, 3.63) is 0 Å². The largest absolute Gasteiger partial charge is 0.388 e. The van der Waals surface area contributed by atoms with Gasteiger partial charge < -0.3 is 15.6 Å². The van der Waals surface area contributed by atoms with Crippen LogP contribution >= 0.6 is 0 Å². The Morgan fingerprint density at radius 3 is 2.61 bits per heavy atom. The van der Waals surface area contributed by atoms with Crippen molar-refractivity contribution in [3.63, 3.8) is 0 Å². The second-order valence-corrected chi connectivity index (χ2v) is 6.40. The molecule has 1 saturated carbocycles. The molecule has 0 aromatic heterocycles. The molecule has 0 aromatic carbocycles. The van der Waals surface area contributed by atoms with Gasteiger partial charge in [0.15, 0.2) is 0 Å². The molecule has 4 nitrogen and oxygen atoms in total. The predicted octanol–water partition coefficient (Wildman–Crippen LogP) is 0.730. The maximum Gasteiger partial charge on any atom is 0.0797 e. The molecule has 0 spiro atoms. The Kier molecular flexibility index (Phi) is 3.63. The number of rotatable bonds is 4. The molecular formula is C14H26N2O2. The third-order valence-electron chi connectivity index (χ3n) is 5.19. The van der Waals surface area contributed by atoms with Crippen LogP contribution in [-0.4, -0.2) is 54.0 Å². The van der Waals surface area contributed by atoms with Gasteiger partial charge in [-0.3, -0.25) is 4.90 Å². The molecule has 4 atom stereocenters. The van der Waals surface area contributed by atoms with Gasteiger partial charge in [0.2, 0.25) is 0 Å². The Morgan fingerprint density at radius 2 is 1.94 bits per heavy atom. The van der Waals surface area contributed by atoms with Crippen molar-refractivity contribution < 1.29 is 9.84 Å². The zero-order valence-electron chi connectivity index (χ0n) is 11.2. The Balaban J connectivity index is 1.49. The predicted molar refractivity (Wildman–Crippen MR) is 70.3 cm³/mol. The van der Waals surface area contributed by atoms with Crippen molar-refractivity contribution >= 4 is 0 Å². The van der Waals surface area contributed by atoms with E-state index in [1.807, 2.05) is 0 Å². The number of aliphatic hydroxyl groups is 1. The summed E-state index contributed by atoms with van der Waals surface area (Å²) in [6.45, 7) is 3.70. The topological polar surface area (TPSA) is 58.7 Å². The van der Waals surface area contributed by atoms with Crippen LogP contribution in [0.3, 0.4) is 0 Å². The van der Waals surface area contributed by atoms with Gasteiger partial charge in [-0.2, -0.15) is 0 Å². The van der Waals surface area contributed by atoms with E-state index in [9.17, 15) is 5.11 Å². The van der Waals surface area contributed by atoms with Gasteiger partial charge in [-0.15, -0.1) is 0 Å². The molecule has 0 amide bonds. The van der Waals surface area contributed by atoms with Crippen LogP contribution in [0.2, 0.25) is 0 Å². The first-order valence-corrected chi connectivity index (χ1v) is 7.50. The van der Waals surface area contributed by atoms with E-state index in [1.54, 1.807) is 0 Å². The third-order valence-corrected chi connectivity index (χ3v) is 5.19. The smallest absolute Gasteiger partial charge is 0.0797 e. The highest BCUT2D eigenvalue weighted by Crippen LogP contribution is 2.37. The lowest BCUT2D eigenvalue weighted by atomic mass is 9.88. The molecule has 0 radical (unpaired) electrons. The summed E-state index contributed by atoms with van der Waals surface area (Å²) in [5.41, 5.74) is 5.16. The third kappa shape index (κ3) is 2.44. The maximum atomic E-state index is 10.4. The van der Waals surface area contributed by atoms with Crippen LogP contribution in [0.4, 0.5) is 0 Å². The van der Waals surface area contributed by atoms with E-state index in [-0.39, 0.29) is 0 Å². The minimum absolute atomic E-state index is 0.406. The van der Waals surface area contributed by atoms with Gasteiger partial charge in [-0.1, -0.05) is 6.42 Å². The Bertz CT molecular complexity index is 288. The fourth-order valence-electron chi connectivity index (χ4n) is 4.03. The Hall–Kier alpha value is -0.160. The number of nitrogens with zero attached hydrogens (tertiary/aromatic N) is 1. The first kappa shape index (κ1) is 12.9. The van der Waals surface area contributed by atoms with E-state index in [0.717, 1.165) is 45.3 Å². The quantitative estimate of drug-likeness (QED) is 0.776. The van der Waals surface area contributed by atoms with Crippen LogP contribution < -0.4 is 5.73 Å². The first-order valence-electron chi connectivity index (χ1n) is 7.50. The summed E-state index contributed by atoms with van der Waals surface area (Å²) in [4.78, 5) is 2.53. The standard InChI is InChI=1S/C14H26N2O2/c15-10-14(17)6-1-2-11(14)5-7-16-8-12-3-4-13(9-16)18-12/h11-13,17H,1-10,15H2. The lowest BCUT2D eigenvalue weighted by Crippen LogP contribution is -2.46. The molecule has 18 heavy (non-hydrogen) atoms. The van der Waals surface area contributed by atoms with Crippen molar-refractivity contribution in [2.24, 2.45) is 11.7 Å². The number of likely N-dealkylation sites (tertiary alicyclic amines) is 1. The van der Waals surface area contributed by atoms with Crippen LogP contribution in [0, 0.1) is 5.92 Å². The van der Waals surface area contributed by atoms with Gasteiger partial charge in [0.05, 0.1) is 17.8 Å². The number of hydrogen-bond donors (Lipinski definition) is 2. The highest BCUT2D eigenvalue weighted by atomic mass is 16.5. The summed E-state index contributed by atoms with van der Waals surface area (Å²) >= 11 is 0. The number of fused-ring (bicyclic) bond motifs is 2. The molecule has 0 aromatic rings. The molecule has 3 aliphatic rings. The van der Waals surface area contributed by atoms with Crippen LogP contribution in [0.25, 0.3) is 0 Å². The molecule has 4 unspecified atom stereocenters. The zero-order chi connectivity index (χ0) is 12.6. The van der Waals surface area contributed by atoms with E-state index >= 15 is 0 Å². The van der Waals surface area contributed by atoms with Gasteiger partial charge in [-0.25, -0.2) is 0 Å². The second kappa shape index (κ2) is 5.08. The van der Waals surface area contributed by atoms with E-state index in [4.69, 9.17) is 10.5 Å². The molecule has 4 heteroatoms. The summed E-state index contributed by atoms with van der Waals surface area (Å²) in [6.07, 6.45) is 7.67. The van der Waals surface area contributed by atoms with Crippen molar-refractivity contribution in [1.29, 1.82) is 0 Å². The SMILES string of the molecule is NCC1(O)CCCC1CCN1CC2CCC(C1)O2. The second-order valence-electron chi connectivity index (χ2n) is 6.40. The van der Waals surface area contributed by atoms with E-state index < -0.39 is 5.60 Å². The number of hydrogen-bond acceptors (Lipinski definition) is 4. The molecular weight excluding hydrogens is 228 g/mol. The van der Waals surface area contributed by atoms with Crippen LogP contribution in [0.5, 0.6) is 0 Å². The summed E-state index contributed by atoms with van der Waals surface area (Å²) < 4.78 is 5.85. The lowest BCUT2D eigenvalue weighted by molar-refractivity contribution is -0.0451. The van der Waals surface area contributed by atoms with Crippen molar-refractivity contribution in [3.8, 4) is 0 Å². The lowest BCUT2D eigenvalue weighted by Gasteiger charge is -2.35. The summed E-state index contributed by atoms with van der Waals surface area (Å²) in [7, 11) is 0. The van der Waals surface area contributed by atoms with Crippen molar-refractivity contribution in [1.82, 2.24) is 4.90 Å². The van der Waals surface area contributed by atoms with E-state index in [0.29, 0.717) is 24.7 Å². The first-order chi connectivity index (χ1) is 8.69. The molecule has 3 rings (SSSR count). The molecule has 2 aliphatic heterocycles. The molecule has 2 bridgehead atoms.